The number of carbonyl (C=O) groups is 3. The van der Waals surface area contributed by atoms with Gasteiger partial charge in [0.05, 0.1) is 7.11 Å². The van der Waals surface area contributed by atoms with Crippen molar-refractivity contribution in [1.29, 1.82) is 0 Å². The maximum atomic E-state index is 12.5. The highest BCUT2D eigenvalue weighted by Crippen LogP contribution is 2.31. The first kappa shape index (κ1) is 19.4. The minimum atomic E-state index is -0.671. The number of carbonyl (C=O) groups excluding carboxylic acids is 3. The Kier molecular flexibility index (Phi) is 5.93. The molecule has 0 saturated heterocycles. The molecule has 0 fully saturated rings. The zero-order chi connectivity index (χ0) is 20.1. The number of para-hydroxylation sites is 1. The van der Waals surface area contributed by atoms with Gasteiger partial charge in [0.2, 0.25) is 0 Å². The molecule has 0 aromatic heterocycles. The summed E-state index contributed by atoms with van der Waals surface area (Å²) in [5.41, 5.74) is 2.34. The van der Waals surface area contributed by atoms with E-state index in [-0.39, 0.29) is 25.1 Å². The van der Waals surface area contributed by atoms with Crippen molar-refractivity contribution in [1.82, 2.24) is 5.32 Å². The van der Waals surface area contributed by atoms with Crippen molar-refractivity contribution in [2.75, 3.05) is 25.2 Å². The van der Waals surface area contributed by atoms with Gasteiger partial charge >= 0.3 is 5.97 Å². The fourth-order valence-electron chi connectivity index (χ4n) is 3.21. The van der Waals surface area contributed by atoms with Gasteiger partial charge in [0.1, 0.15) is 12.3 Å². The van der Waals surface area contributed by atoms with Crippen LogP contribution in [0.1, 0.15) is 22.8 Å². The number of amides is 2. The second-order valence-corrected chi connectivity index (χ2v) is 6.52. The Morgan fingerprint density at radius 2 is 1.82 bits per heavy atom. The molecule has 0 aliphatic carbocycles. The highest BCUT2D eigenvalue weighted by molar-refractivity contribution is 5.98. The van der Waals surface area contributed by atoms with Crippen LogP contribution in [-0.4, -0.2) is 44.1 Å². The van der Waals surface area contributed by atoms with E-state index in [1.54, 1.807) is 29.2 Å². The molecule has 2 amide bonds. The van der Waals surface area contributed by atoms with Gasteiger partial charge in [-0.1, -0.05) is 18.2 Å². The largest absolute Gasteiger partial charge is 0.497 e. The molecule has 28 heavy (non-hydrogen) atoms. The third-order valence-electron chi connectivity index (χ3n) is 4.58. The van der Waals surface area contributed by atoms with Crippen molar-refractivity contribution < 1.29 is 23.9 Å². The average molecular weight is 382 g/mol. The van der Waals surface area contributed by atoms with Crippen molar-refractivity contribution >= 4 is 23.5 Å². The van der Waals surface area contributed by atoms with Crippen LogP contribution in [0.25, 0.3) is 0 Å². The minimum Gasteiger partial charge on any atom is -0.497 e. The van der Waals surface area contributed by atoms with E-state index in [0.29, 0.717) is 11.3 Å². The fourth-order valence-corrected chi connectivity index (χ4v) is 3.21. The third-order valence-corrected chi connectivity index (χ3v) is 4.58. The number of rotatable bonds is 6. The first-order valence-electron chi connectivity index (χ1n) is 8.97. The summed E-state index contributed by atoms with van der Waals surface area (Å²) in [7, 11) is 1.54. The SMILES string of the molecule is COc1ccc(C(=O)NCC(=O)OCC(=O)N2c3ccccc3C[C@H]2C)cc1. The summed E-state index contributed by atoms with van der Waals surface area (Å²) in [4.78, 5) is 38.1. The van der Waals surface area contributed by atoms with Gasteiger partial charge in [-0.3, -0.25) is 14.4 Å². The highest BCUT2D eigenvalue weighted by atomic mass is 16.5. The number of hydrogen-bond donors (Lipinski definition) is 1. The summed E-state index contributed by atoms with van der Waals surface area (Å²) in [6.45, 7) is 1.27. The summed E-state index contributed by atoms with van der Waals surface area (Å²) in [6.07, 6.45) is 0.772. The molecular formula is C21H22N2O5. The average Bonchev–Trinajstić information content (AvgIpc) is 3.06. The van der Waals surface area contributed by atoms with Crippen molar-refractivity contribution in [3.05, 3.63) is 59.7 Å². The van der Waals surface area contributed by atoms with Crippen molar-refractivity contribution in [2.45, 2.75) is 19.4 Å². The van der Waals surface area contributed by atoms with E-state index in [1.807, 2.05) is 31.2 Å². The van der Waals surface area contributed by atoms with Gasteiger partial charge in [0, 0.05) is 17.3 Å². The Bertz CT molecular complexity index is 879. The van der Waals surface area contributed by atoms with Crippen LogP contribution in [-0.2, 0) is 20.7 Å². The minimum absolute atomic E-state index is 0.0124. The molecule has 7 nitrogen and oxygen atoms in total. The Hall–Kier alpha value is -3.35. The lowest BCUT2D eigenvalue weighted by molar-refractivity contribution is -0.146. The van der Waals surface area contributed by atoms with E-state index in [9.17, 15) is 14.4 Å². The second kappa shape index (κ2) is 8.56. The molecule has 2 aromatic carbocycles. The number of ether oxygens (including phenoxy) is 2. The number of benzene rings is 2. The highest BCUT2D eigenvalue weighted by Gasteiger charge is 2.30. The monoisotopic (exact) mass is 382 g/mol. The molecule has 3 rings (SSSR count). The molecule has 0 unspecified atom stereocenters. The van der Waals surface area contributed by atoms with E-state index in [2.05, 4.69) is 5.32 Å². The van der Waals surface area contributed by atoms with Crippen molar-refractivity contribution in [2.24, 2.45) is 0 Å². The molecule has 0 radical (unpaired) electrons. The van der Waals surface area contributed by atoms with Crippen LogP contribution < -0.4 is 15.0 Å². The van der Waals surface area contributed by atoms with Gasteiger partial charge in [-0.05, 0) is 49.2 Å². The molecule has 1 heterocycles. The van der Waals surface area contributed by atoms with E-state index in [4.69, 9.17) is 9.47 Å². The van der Waals surface area contributed by atoms with Gasteiger partial charge in [0.15, 0.2) is 6.61 Å². The lowest BCUT2D eigenvalue weighted by atomic mass is 10.1. The summed E-state index contributed by atoms with van der Waals surface area (Å²) < 4.78 is 10.1. The van der Waals surface area contributed by atoms with E-state index in [0.717, 1.165) is 17.7 Å². The number of hydrogen-bond acceptors (Lipinski definition) is 5. The molecule has 0 spiro atoms. The summed E-state index contributed by atoms with van der Waals surface area (Å²) in [5.74, 6) is -0.733. The molecule has 0 bridgehead atoms. The molecule has 1 aliphatic heterocycles. The van der Waals surface area contributed by atoms with Crippen LogP contribution >= 0.6 is 0 Å². The van der Waals surface area contributed by atoms with E-state index in [1.165, 1.54) is 7.11 Å². The van der Waals surface area contributed by atoms with Crippen LogP contribution in [0.2, 0.25) is 0 Å². The topological polar surface area (TPSA) is 84.9 Å². The van der Waals surface area contributed by atoms with Crippen molar-refractivity contribution in [3.63, 3.8) is 0 Å². The molecule has 1 N–H and O–H groups in total. The van der Waals surface area contributed by atoms with Crippen LogP contribution in [0.5, 0.6) is 5.75 Å². The van der Waals surface area contributed by atoms with Crippen molar-refractivity contribution in [3.8, 4) is 5.75 Å². The van der Waals surface area contributed by atoms with Gasteiger partial charge in [-0.25, -0.2) is 0 Å². The standard InChI is InChI=1S/C21H22N2O5/c1-14-11-16-5-3-4-6-18(16)23(14)19(24)13-28-20(25)12-22-21(26)15-7-9-17(27-2)10-8-15/h3-10,14H,11-13H2,1-2H3,(H,22,26)/t14-/m1/s1. The number of anilines is 1. The molecule has 7 heteroatoms. The molecular weight excluding hydrogens is 360 g/mol. The van der Waals surface area contributed by atoms with E-state index < -0.39 is 11.9 Å². The Labute approximate surface area is 163 Å². The van der Waals surface area contributed by atoms with E-state index >= 15 is 0 Å². The third kappa shape index (κ3) is 4.31. The lowest BCUT2D eigenvalue weighted by Gasteiger charge is -2.22. The lowest BCUT2D eigenvalue weighted by Crippen LogP contribution is -2.39. The predicted molar refractivity (Wildman–Crippen MR) is 103 cm³/mol. The number of nitrogens with zero attached hydrogens (tertiary/aromatic N) is 1. The van der Waals surface area contributed by atoms with Crippen LogP contribution in [0.4, 0.5) is 5.69 Å². The second-order valence-electron chi connectivity index (χ2n) is 6.52. The first-order valence-corrected chi connectivity index (χ1v) is 8.97. The summed E-state index contributed by atoms with van der Waals surface area (Å²) in [6, 6.07) is 14.2. The summed E-state index contributed by atoms with van der Waals surface area (Å²) in [5, 5.41) is 2.47. The smallest absolute Gasteiger partial charge is 0.325 e. The predicted octanol–water partition coefficient (Wildman–Crippen LogP) is 1.95. The molecule has 1 aliphatic rings. The summed E-state index contributed by atoms with van der Waals surface area (Å²) >= 11 is 0. The zero-order valence-corrected chi connectivity index (χ0v) is 15.8. The zero-order valence-electron chi connectivity index (χ0n) is 15.8. The molecule has 146 valence electrons. The number of nitrogens with one attached hydrogen (secondary N) is 1. The van der Waals surface area contributed by atoms with Gasteiger partial charge in [-0.2, -0.15) is 0 Å². The fraction of sp³-hybridized carbons (Fsp3) is 0.286. The molecule has 1 atom stereocenters. The number of fused-ring (bicyclic) bond motifs is 1. The van der Waals surface area contributed by atoms with Gasteiger partial charge in [-0.15, -0.1) is 0 Å². The normalized spacial score (nSPS) is 14.9. The number of methoxy groups -OCH3 is 1. The maximum Gasteiger partial charge on any atom is 0.325 e. The molecule has 0 saturated carbocycles. The number of esters is 1. The Balaban J connectivity index is 1.47. The Morgan fingerprint density at radius 3 is 2.54 bits per heavy atom. The maximum absolute atomic E-state index is 12.5. The quantitative estimate of drug-likeness (QED) is 0.772. The van der Waals surface area contributed by atoms with Crippen LogP contribution in [0.3, 0.4) is 0 Å². The van der Waals surface area contributed by atoms with Gasteiger partial charge in [0.25, 0.3) is 11.8 Å². The van der Waals surface area contributed by atoms with Crippen LogP contribution in [0, 0.1) is 0 Å². The molecule has 2 aromatic rings. The Morgan fingerprint density at radius 1 is 1.11 bits per heavy atom. The van der Waals surface area contributed by atoms with Gasteiger partial charge < -0.3 is 19.7 Å². The first-order chi connectivity index (χ1) is 13.5. The van der Waals surface area contributed by atoms with Crippen LogP contribution in [0.15, 0.2) is 48.5 Å².